The number of hydrogen-bond acceptors (Lipinski definition) is 2. The molecule has 3 nitrogen and oxygen atoms in total. The number of benzene rings is 1. The van der Waals surface area contributed by atoms with Gasteiger partial charge in [0.2, 0.25) is 0 Å². The van der Waals surface area contributed by atoms with Crippen LogP contribution in [0.2, 0.25) is 0 Å². The van der Waals surface area contributed by atoms with Crippen LogP contribution in [0.3, 0.4) is 0 Å². The second kappa shape index (κ2) is 3.92. The largest absolute Gasteiger partial charge is 0.217 e. The fourth-order valence-corrected chi connectivity index (χ4v) is 2.68. The van der Waals surface area contributed by atoms with Crippen molar-refractivity contribution in [1.82, 2.24) is 14.8 Å². The summed E-state index contributed by atoms with van der Waals surface area (Å²) in [6, 6.07) is 6.57. The first-order valence-electron chi connectivity index (χ1n) is 7.27. The number of aryl methyl sites for hydroxylation is 2. The lowest BCUT2D eigenvalue weighted by Crippen LogP contribution is -2.04. The molecule has 98 valence electrons. The Hall–Kier alpha value is -1.64. The quantitative estimate of drug-likeness (QED) is 0.836. The molecular weight excluding hydrogens is 234 g/mol. The number of hydrogen-bond donors (Lipinski definition) is 0. The van der Waals surface area contributed by atoms with Crippen LogP contribution in [0.15, 0.2) is 18.2 Å². The van der Waals surface area contributed by atoms with E-state index in [2.05, 4.69) is 36.7 Å². The van der Waals surface area contributed by atoms with Gasteiger partial charge in [0.25, 0.3) is 0 Å². The van der Waals surface area contributed by atoms with E-state index in [4.69, 9.17) is 10.1 Å². The van der Waals surface area contributed by atoms with Gasteiger partial charge >= 0.3 is 0 Å². The molecule has 0 spiro atoms. The van der Waals surface area contributed by atoms with Crippen molar-refractivity contribution in [3.05, 3.63) is 41.0 Å². The van der Waals surface area contributed by atoms with E-state index in [9.17, 15) is 0 Å². The lowest BCUT2D eigenvalue weighted by Gasteiger charge is -2.09. The summed E-state index contributed by atoms with van der Waals surface area (Å²) in [5.41, 5.74) is 3.79. The molecule has 4 rings (SSSR count). The van der Waals surface area contributed by atoms with Crippen LogP contribution in [0, 0.1) is 13.8 Å². The zero-order chi connectivity index (χ0) is 13.0. The average Bonchev–Trinajstić information content (AvgIpc) is 3.28. The summed E-state index contributed by atoms with van der Waals surface area (Å²) in [5.74, 6) is 3.53. The van der Waals surface area contributed by atoms with Gasteiger partial charge in [-0.15, -0.1) is 0 Å². The Labute approximate surface area is 113 Å². The molecule has 0 unspecified atom stereocenters. The molecule has 0 aliphatic heterocycles. The summed E-state index contributed by atoms with van der Waals surface area (Å²) in [6.45, 7) is 4.30. The van der Waals surface area contributed by atoms with Crippen molar-refractivity contribution in [3.8, 4) is 5.69 Å². The van der Waals surface area contributed by atoms with E-state index in [-0.39, 0.29) is 0 Å². The van der Waals surface area contributed by atoms with Gasteiger partial charge in [-0.3, -0.25) is 0 Å². The topological polar surface area (TPSA) is 30.7 Å². The minimum absolute atomic E-state index is 0.629. The maximum absolute atomic E-state index is 4.83. The molecule has 19 heavy (non-hydrogen) atoms. The molecule has 0 atom stereocenters. The molecule has 2 aliphatic rings. The van der Waals surface area contributed by atoms with Crippen LogP contribution in [-0.2, 0) is 0 Å². The predicted octanol–water partition coefficient (Wildman–Crippen LogP) is 3.64. The minimum atomic E-state index is 0.629. The first kappa shape index (κ1) is 11.2. The Kier molecular flexibility index (Phi) is 2.32. The second-order valence-corrected chi connectivity index (χ2v) is 6.08. The summed E-state index contributed by atoms with van der Waals surface area (Å²) >= 11 is 0. The SMILES string of the molecule is Cc1ccc(-n2nc(C3CC3)nc2C2CC2)c(C)c1. The van der Waals surface area contributed by atoms with Gasteiger partial charge in [-0.1, -0.05) is 17.7 Å². The van der Waals surface area contributed by atoms with E-state index in [1.165, 1.54) is 48.3 Å². The van der Waals surface area contributed by atoms with Gasteiger partial charge in [-0.05, 0) is 51.2 Å². The van der Waals surface area contributed by atoms with Gasteiger partial charge in [0.1, 0.15) is 5.82 Å². The Morgan fingerprint density at radius 2 is 1.79 bits per heavy atom. The zero-order valence-electron chi connectivity index (χ0n) is 11.6. The van der Waals surface area contributed by atoms with Crippen LogP contribution < -0.4 is 0 Å². The van der Waals surface area contributed by atoms with E-state index in [0.717, 1.165) is 5.82 Å². The fourth-order valence-electron chi connectivity index (χ4n) is 2.68. The average molecular weight is 253 g/mol. The van der Waals surface area contributed by atoms with E-state index in [0.29, 0.717) is 11.8 Å². The fraction of sp³-hybridized carbons (Fsp3) is 0.500. The molecule has 2 aromatic rings. The molecule has 0 radical (unpaired) electrons. The number of nitrogens with zero attached hydrogens (tertiary/aromatic N) is 3. The molecule has 1 heterocycles. The molecule has 0 bridgehead atoms. The highest BCUT2D eigenvalue weighted by Gasteiger charge is 2.34. The first-order chi connectivity index (χ1) is 9.22. The summed E-state index contributed by atoms with van der Waals surface area (Å²) in [7, 11) is 0. The van der Waals surface area contributed by atoms with E-state index in [1.54, 1.807) is 0 Å². The Balaban J connectivity index is 1.83. The molecule has 0 N–H and O–H groups in total. The summed E-state index contributed by atoms with van der Waals surface area (Å²) < 4.78 is 2.11. The molecule has 2 fully saturated rings. The van der Waals surface area contributed by atoms with Crippen molar-refractivity contribution in [1.29, 1.82) is 0 Å². The van der Waals surface area contributed by atoms with Crippen LogP contribution in [0.1, 0.15) is 60.3 Å². The first-order valence-corrected chi connectivity index (χ1v) is 7.27. The molecule has 0 amide bonds. The Bertz CT molecular complexity index is 633. The van der Waals surface area contributed by atoms with Gasteiger partial charge < -0.3 is 0 Å². The molecular formula is C16H19N3. The molecule has 1 aromatic heterocycles. The zero-order valence-corrected chi connectivity index (χ0v) is 11.6. The highest BCUT2D eigenvalue weighted by atomic mass is 15.4. The molecule has 2 saturated carbocycles. The van der Waals surface area contributed by atoms with Crippen LogP contribution in [-0.4, -0.2) is 14.8 Å². The molecule has 2 aliphatic carbocycles. The van der Waals surface area contributed by atoms with Crippen molar-refractivity contribution in [2.75, 3.05) is 0 Å². The maximum atomic E-state index is 4.83. The van der Waals surface area contributed by atoms with Gasteiger partial charge in [0.15, 0.2) is 5.82 Å². The highest BCUT2D eigenvalue weighted by Crippen LogP contribution is 2.43. The highest BCUT2D eigenvalue weighted by molar-refractivity contribution is 5.43. The standard InChI is InChI=1S/C16H19N3/c1-10-3-8-14(11(2)9-10)19-16(13-6-7-13)17-15(18-19)12-4-5-12/h3,8-9,12-13H,4-7H2,1-2H3. The third-order valence-electron chi connectivity index (χ3n) is 4.11. The maximum Gasteiger partial charge on any atom is 0.154 e. The van der Waals surface area contributed by atoms with Crippen molar-refractivity contribution < 1.29 is 0 Å². The Morgan fingerprint density at radius 1 is 1.05 bits per heavy atom. The Morgan fingerprint density at radius 3 is 2.42 bits per heavy atom. The van der Waals surface area contributed by atoms with Gasteiger partial charge in [-0.2, -0.15) is 5.10 Å². The van der Waals surface area contributed by atoms with Gasteiger partial charge in [0.05, 0.1) is 5.69 Å². The van der Waals surface area contributed by atoms with E-state index in [1.807, 2.05) is 0 Å². The molecule has 1 aromatic carbocycles. The van der Waals surface area contributed by atoms with Crippen molar-refractivity contribution >= 4 is 0 Å². The predicted molar refractivity (Wildman–Crippen MR) is 74.8 cm³/mol. The third kappa shape index (κ3) is 1.97. The van der Waals surface area contributed by atoms with Gasteiger partial charge in [-0.25, -0.2) is 9.67 Å². The van der Waals surface area contributed by atoms with Crippen molar-refractivity contribution in [2.24, 2.45) is 0 Å². The lowest BCUT2D eigenvalue weighted by atomic mass is 10.1. The minimum Gasteiger partial charge on any atom is -0.217 e. The van der Waals surface area contributed by atoms with Crippen LogP contribution in [0.25, 0.3) is 5.69 Å². The smallest absolute Gasteiger partial charge is 0.154 e. The number of rotatable bonds is 3. The normalized spacial score (nSPS) is 18.8. The van der Waals surface area contributed by atoms with E-state index >= 15 is 0 Å². The van der Waals surface area contributed by atoms with Crippen LogP contribution in [0.5, 0.6) is 0 Å². The molecule has 0 saturated heterocycles. The summed E-state index contributed by atoms with van der Waals surface area (Å²) in [4.78, 5) is 4.83. The van der Waals surface area contributed by atoms with Crippen molar-refractivity contribution in [2.45, 2.75) is 51.4 Å². The van der Waals surface area contributed by atoms with E-state index < -0.39 is 0 Å². The summed E-state index contributed by atoms with van der Waals surface area (Å²) in [5, 5.41) is 4.80. The second-order valence-electron chi connectivity index (χ2n) is 6.08. The van der Waals surface area contributed by atoms with Crippen LogP contribution in [0.4, 0.5) is 0 Å². The molecule has 3 heteroatoms. The van der Waals surface area contributed by atoms with Crippen LogP contribution >= 0.6 is 0 Å². The third-order valence-corrected chi connectivity index (χ3v) is 4.11. The van der Waals surface area contributed by atoms with Gasteiger partial charge in [0, 0.05) is 11.8 Å². The number of aromatic nitrogens is 3. The van der Waals surface area contributed by atoms with Crippen molar-refractivity contribution in [3.63, 3.8) is 0 Å². The monoisotopic (exact) mass is 253 g/mol. The summed E-state index contributed by atoms with van der Waals surface area (Å²) in [6.07, 6.45) is 5.07. The lowest BCUT2D eigenvalue weighted by molar-refractivity contribution is 0.779.